The van der Waals surface area contributed by atoms with Gasteiger partial charge in [-0.1, -0.05) is 0 Å². The molecule has 0 aliphatic heterocycles. The van der Waals surface area contributed by atoms with Gasteiger partial charge >= 0.3 is 0 Å². The van der Waals surface area contributed by atoms with Crippen LogP contribution in [0.2, 0.25) is 5.28 Å². The van der Waals surface area contributed by atoms with Crippen LogP contribution in [0.25, 0.3) is 10.2 Å². The summed E-state index contributed by atoms with van der Waals surface area (Å²) in [5, 5.41) is 6.10. The van der Waals surface area contributed by atoms with Crippen LogP contribution in [-0.2, 0) is 4.79 Å². The summed E-state index contributed by atoms with van der Waals surface area (Å²) in [6, 6.07) is 1.91. The third-order valence-corrected chi connectivity index (χ3v) is 3.64. The topological polar surface area (TPSA) is 80.9 Å². The minimum absolute atomic E-state index is 0.185. The second-order valence-electron chi connectivity index (χ2n) is 4.58. The van der Waals surface area contributed by atoms with Crippen LogP contribution in [0.5, 0.6) is 0 Å². The van der Waals surface area contributed by atoms with Crippen LogP contribution < -0.4 is 11.1 Å². The minimum atomic E-state index is -0.653. The van der Waals surface area contributed by atoms with Crippen molar-refractivity contribution in [3.05, 3.63) is 16.7 Å². The molecule has 0 fully saturated rings. The molecule has 0 aliphatic rings. The normalized spacial score (nSPS) is 11.7. The minimum Gasteiger partial charge on any atom is -0.369 e. The van der Waals surface area contributed by atoms with Crippen molar-refractivity contribution in [2.45, 2.75) is 13.8 Å². The summed E-state index contributed by atoms with van der Waals surface area (Å²) in [6.45, 7) is 3.94. The summed E-state index contributed by atoms with van der Waals surface area (Å²) in [7, 11) is 0. The molecule has 2 rings (SSSR count). The van der Waals surface area contributed by atoms with E-state index in [2.05, 4.69) is 15.3 Å². The summed E-state index contributed by atoms with van der Waals surface area (Å²) < 4.78 is 0. The van der Waals surface area contributed by atoms with E-state index in [1.165, 1.54) is 11.3 Å². The number of anilines is 1. The highest BCUT2D eigenvalue weighted by atomic mass is 35.5. The molecule has 0 saturated carbocycles. The molecule has 0 unspecified atom stereocenters. The van der Waals surface area contributed by atoms with Crippen LogP contribution in [0.3, 0.4) is 0 Å². The van der Waals surface area contributed by atoms with E-state index in [1.807, 2.05) is 11.4 Å². The zero-order valence-electron chi connectivity index (χ0n) is 10.0. The number of hydrogen-bond acceptors (Lipinski definition) is 5. The third kappa shape index (κ3) is 2.54. The van der Waals surface area contributed by atoms with Crippen LogP contribution in [0, 0.1) is 5.41 Å². The summed E-state index contributed by atoms with van der Waals surface area (Å²) >= 11 is 7.33. The fraction of sp³-hybridized carbons (Fsp3) is 0.364. The number of amides is 1. The van der Waals surface area contributed by atoms with Crippen molar-refractivity contribution in [2.24, 2.45) is 11.1 Å². The predicted octanol–water partition coefficient (Wildman–Crippen LogP) is 2.27. The molecule has 0 aliphatic carbocycles. The highest BCUT2D eigenvalue weighted by Crippen LogP contribution is 2.27. The average Bonchev–Trinajstić information content (AvgIpc) is 2.73. The fourth-order valence-corrected chi connectivity index (χ4v) is 2.34. The number of nitrogens with zero attached hydrogens (tertiary/aromatic N) is 2. The molecule has 0 aromatic carbocycles. The molecule has 18 heavy (non-hydrogen) atoms. The first-order valence-electron chi connectivity index (χ1n) is 5.35. The smallest absolute Gasteiger partial charge is 0.225 e. The van der Waals surface area contributed by atoms with Gasteiger partial charge in [0.1, 0.15) is 10.6 Å². The molecule has 0 bridgehead atoms. The molecule has 96 valence electrons. The maximum absolute atomic E-state index is 11.2. The van der Waals surface area contributed by atoms with Crippen LogP contribution in [0.15, 0.2) is 11.4 Å². The molecule has 2 aromatic rings. The van der Waals surface area contributed by atoms with Crippen molar-refractivity contribution in [2.75, 3.05) is 11.9 Å². The van der Waals surface area contributed by atoms with Gasteiger partial charge in [-0.05, 0) is 36.9 Å². The van der Waals surface area contributed by atoms with Gasteiger partial charge in [0.2, 0.25) is 11.2 Å². The van der Waals surface area contributed by atoms with E-state index in [4.69, 9.17) is 17.3 Å². The highest BCUT2D eigenvalue weighted by Gasteiger charge is 2.25. The van der Waals surface area contributed by atoms with Crippen molar-refractivity contribution >= 4 is 44.9 Å². The van der Waals surface area contributed by atoms with E-state index in [-0.39, 0.29) is 11.2 Å². The molecule has 0 radical (unpaired) electrons. The van der Waals surface area contributed by atoms with E-state index in [0.29, 0.717) is 12.4 Å². The Morgan fingerprint density at radius 2 is 2.28 bits per heavy atom. The van der Waals surface area contributed by atoms with Crippen molar-refractivity contribution in [3.8, 4) is 0 Å². The van der Waals surface area contributed by atoms with E-state index in [1.54, 1.807) is 13.8 Å². The Bertz CT molecular complexity index is 596. The van der Waals surface area contributed by atoms with Gasteiger partial charge in [-0.3, -0.25) is 4.79 Å². The maximum Gasteiger partial charge on any atom is 0.225 e. The van der Waals surface area contributed by atoms with Crippen molar-refractivity contribution in [1.29, 1.82) is 0 Å². The maximum atomic E-state index is 11.2. The predicted molar refractivity (Wildman–Crippen MR) is 73.9 cm³/mol. The number of nitrogens with two attached hydrogens (primary N) is 1. The first-order valence-corrected chi connectivity index (χ1v) is 6.60. The molecule has 0 saturated heterocycles. The van der Waals surface area contributed by atoms with Gasteiger partial charge in [0.25, 0.3) is 0 Å². The number of halogens is 1. The van der Waals surface area contributed by atoms with Crippen LogP contribution in [0.1, 0.15) is 13.8 Å². The second-order valence-corrected chi connectivity index (χ2v) is 5.81. The highest BCUT2D eigenvalue weighted by molar-refractivity contribution is 7.16. The number of primary amides is 1. The number of hydrogen-bond donors (Lipinski definition) is 2. The monoisotopic (exact) mass is 284 g/mol. The standard InChI is InChI=1S/C11H13ClN4OS/c1-11(2,9(13)17)5-14-7-6-3-4-18-8(6)16-10(12)15-7/h3-4H,5H2,1-2H3,(H2,13,17)(H,14,15,16). The lowest BCUT2D eigenvalue weighted by Gasteiger charge is -2.21. The molecular formula is C11H13ClN4OS. The number of rotatable bonds is 4. The summed E-state index contributed by atoms with van der Waals surface area (Å²) in [5.41, 5.74) is 4.67. The SMILES string of the molecule is CC(C)(CNc1nc(Cl)nc2sccc12)C(N)=O. The van der Waals surface area contributed by atoms with E-state index in [0.717, 1.165) is 10.2 Å². The first-order chi connectivity index (χ1) is 8.40. The van der Waals surface area contributed by atoms with Crippen LogP contribution in [-0.4, -0.2) is 22.4 Å². The zero-order valence-corrected chi connectivity index (χ0v) is 11.6. The van der Waals surface area contributed by atoms with Gasteiger partial charge in [0.05, 0.1) is 10.8 Å². The summed E-state index contributed by atoms with van der Waals surface area (Å²) in [5.74, 6) is 0.261. The largest absolute Gasteiger partial charge is 0.369 e. The lowest BCUT2D eigenvalue weighted by molar-refractivity contribution is -0.125. The molecular weight excluding hydrogens is 272 g/mol. The Hall–Kier alpha value is -1.40. The molecule has 1 amide bonds. The zero-order chi connectivity index (χ0) is 13.3. The molecule has 0 atom stereocenters. The quantitative estimate of drug-likeness (QED) is 0.844. The summed E-state index contributed by atoms with van der Waals surface area (Å²) in [4.78, 5) is 20.3. The number of nitrogens with one attached hydrogen (secondary N) is 1. The lowest BCUT2D eigenvalue weighted by Crippen LogP contribution is -2.37. The van der Waals surface area contributed by atoms with Crippen molar-refractivity contribution in [1.82, 2.24) is 9.97 Å². The molecule has 5 nitrogen and oxygen atoms in total. The van der Waals surface area contributed by atoms with E-state index in [9.17, 15) is 4.79 Å². The van der Waals surface area contributed by atoms with Crippen molar-refractivity contribution < 1.29 is 4.79 Å². The molecule has 3 N–H and O–H groups in total. The van der Waals surface area contributed by atoms with Gasteiger partial charge in [0, 0.05) is 6.54 Å². The summed E-state index contributed by atoms with van der Waals surface area (Å²) in [6.07, 6.45) is 0. The lowest BCUT2D eigenvalue weighted by atomic mass is 9.93. The Labute approximate surface area is 113 Å². The second kappa shape index (κ2) is 4.70. The number of carbonyl (C=O) groups excluding carboxylic acids is 1. The van der Waals surface area contributed by atoms with Gasteiger partial charge in [-0.2, -0.15) is 0 Å². The van der Waals surface area contributed by atoms with Gasteiger partial charge in [0.15, 0.2) is 0 Å². The third-order valence-electron chi connectivity index (χ3n) is 2.66. The first kappa shape index (κ1) is 13.0. The van der Waals surface area contributed by atoms with Crippen LogP contribution >= 0.6 is 22.9 Å². The number of carbonyl (C=O) groups is 1. The Morgan fingerprint density at radius 3 is 2.94 bits per heavy atom. The van der Waals surface area contributed by atoms with Gasteiger partial charge < -0.3 is 11.1 Å². The molecule has 7 heteroatoms. The molecule has 2 aromatic heterocycles. The number of aromatic nitrogens is 2. The Morgan fingerprint density at radius 1 is 1.56 bits per heavy atom. The molecule has 0 spiro atoms. The molecule has 2 heterocycles. The van der Waals surface area contributed by atoms with E-state index < -0.39 is 5.41 Å². The Balaban J connectivity index is 2.27. The van der Waals surface area contributed by atoms with E-state index >= 15 is 0 Å². The Kier molecular flexibility index (Phi) is 3.41. The van der Waals surface area contributed by atoms with Crippen LogP contribution in [0.4, 0.5) is 5.82 Å². The van der Waals surface area contributed by atoms with Gasteiger partial charge in [-0.15, -0.1) is 11.3 Å². The number of fused-ring (bicyclic) bond motifs is 1. The number of thiophene rings is 1. The van der Waals surface area contributed by atoms with Crippen molar-refractivity contribution in [3.63, 3.8) is 0 Å². The van der Waals surface area contributed by atoms with Gasteiger partial charge in [-0.25, -0.2) is 9.97 Å². The fourth-order valence-electron chi connectivity index (χ4n) is 1.36. The average molecular weight is 285 g/mol.